The van der Waals surface area contributed by atoms with Crippen LogP contribution in [0.4, 0.5) is 4.79 Å². The molecule has 7 heteroatoms. The van der Waals surface area contributed by atoms with Gasteiger partial charge in [-0.15, -0.1) is 0 Å². The van der Waals surface area contributed by atoms with Crippen LogP contribution in [-0.2, 0) is 9.53 Å². The molecule has 0 aromatic rings. The van der Waals surface area contributed by atoms with Crippen molar-refractivity contribution in [3.05, 3.63) is 0 Å². The lowest BCUT2D eigenvalue weighted by molar-refractivity contribution is -0.141. The van der Waals surface area contributed by atoms with Gasteiger partial charge in [-0.3, -0.25) is 4.79 Å². The molecule has 1 amide bonds. The Morgan fingerprint density at radius 2 is 1.95 bits per heavy atom. The second kappa shape index (κ2) is 7.28. The van der Waals surface area contributed by atoms with Crippen molar-refractivity contribution < 1.29 is 24.5 Å². The van der Waals surface area contributed by atoms with Crippen LogP contribution in [-0.4, -0.2) is 64.6 Å². The van der Waals surface area contributed by atoms with Gasteiger partial charge in [-0.25, -0.2) is 4.79 Å². The summed E-state index contributed by atoms with van der Waals surface area (Å²) in [5.74, 6) is -0.655. The molecule has 1 rings (SSSR count). The molecule has 1 heterocycles. The first-order chi connectivity index (χ1) is 10.1. The number of ether oxygens (including phenoxy) is 1. The van der Waals surface area contributed by atoms with Gasteiger partial charge in [-0.05, 0) is 39.7 Å². The van der Waals surface area contributed by atoms with Gasteiger partial charge in [0.05, 0.1) is 12.0 Å². The summed E-state index contributed by atoms with van der Waals surface area (Å²) in [6, 6.07) is 0. The number of carbonyl (C=O) groups is 2. The molecule has 0 aromatic carbocycles. The molecule has 1 fully saturated rings. The molecular weight excluding hydrogens is 288 g/mol. The van der Waals surface area contributed by atoms with E-state index in [1.165, 1.54) is 4.90 Å². The number of carboxylic acids is 1. The fourth-order valence-corrected chi connectivity index (χ4v) is 2.43. The van der Waals surface area contributed by atoms with Crippen LogP contribution < -0.4 is 5.32 Å². The molecule has 1 aliphatic rings. The number of hydrogen-bond donors (Lipinski definition) is 3. The van der Waals surface area contributed by atoms with Crippen molar-refractivity contribution in [1.29, 1.82) is 0 Å². The number of nitrogens with zero attached hydrogens (tertiary/aromatic N) is 1. The molecule has 22 heavy (non-hydrogen) atoms. The van der Waals surface area contributed by atoms with Gasteiger partial charge in [0, 0.05) is 19.7 Å². The topological polar surface area (TPSA) is 99.1 Å². The third-order valence-electron chi connectivity index (χ3n) is 3.58. The third-order valence-corrected chi connectivity index (χ3v) is 3.58. The van der Waals surface area contributed by atoms with E-state index >= 15 is 0 Å². The van der Waals surface area contributed by atoms with E-state index in [1.54, 1.807) is 20.8 Å². The summed E-state index contributed by atoms with van der Waals surface area (Å²) in [4.78, 5) is 24.5. The number of hydrogen-bond acceptors (Lipinski definition) is 5. The third kappa shape index (κ3) is 5.81. The average molecular weight is 316 g/mol. The van der Waals surface area contributed by atoms with Crippen molar-refractivity contribution >= 4 is 12.1 Å². The van der Waals surface area contributed by atoms with Crippen LogP contribution in [0, 0.1) is 5.92 Å². The monoisotopic (exact) mass is 316 g/mol. The Kier molecular flexibility index (Phi) is 6.19. The van der Waals surface area contributed by atoms with Crippen molar-refractivity contribution in [1.82, 2.24) is 10.2 Å². The summed E-state index contributed by atoms with van der Waals surface area (Å²) in [6.07, 6.45) is 0.197. The van der Waals surface area contributed by atoms with Crippen LogP contribution in [0.5, 0.6) is 0 Å². The Morgan fingerprint density at radius 3 is 2.41 bits per heavy atom. The minimum atomic E-state index is -0.897. The molecule has 0 radical (unpaired) electrons. The van der Waals surface area contributed by atoms with Gasteiger partial charge < -0.3 is 25.2 Å². The van der Waals surface area contributed by atoms with Gasteiger partial charge in [0.1, 0.15) is 5.60 Å². The van der Waals surface area contributed by atoms with Crippen LogP contribution >= 0.6 is 0 Å². The maximum absolute atomic E-state index is 12.0. The zero-order valence-corrected chi connectivity index (χ0v) is 13.9. The number of amides is 1. The van der Waals surface area contributed by atoms with Crippen molar-refractivity contribution in [3.8, 4) is 0 Å². The lowest BCUT2D eigenvalue weighted by Gasteiger charge is -2.50. The Hall–Kier alpha value is -1.34. The zero-order valence-electron chi connectivity index (χ0n) is 13.9. The molecule has 1 saturated heterocycles. The number of carboxylic acid groups (broad SMARTS) is 1. The lowest BCUT2D eigenvalue weighted by Crippen LogP contribution is -2.71. The second-order valence-corrected chi connectivity index (χ2v) is 7.19. The predicted molar refractivity (Wildman–Crippen MR) is 81.7 cm³/mol. The fourth-order valence-electron chi connectivity index (χ4n) is 2.43. The summed E-state index contributed by atoms with van der Waals surface area (Å²) in [5, 5.41) is 21.2. The Bertz CT molecular complexity index is 399. The van der Waals surface area contributed by atoms with E-state index in [9.17, 15) is 9.59 Å². The first-order valence-corrected chi connectivity index (χ1v) is 7.62. The van der Waals surface area contributed by atoms with E-state index in [4.69, 9.17) is 14.9 Å². The number of aliphatic carboxylic acids is 1. The predicted octanol–water partition coefficient (Wildman–Crippen LogP) is 1.06. The van der Waals surface area contributed by atoms with Crippen LogP contribution in [0.2, 0.25) is 0 Å². The van der Waals surface area contributed by atoms with Crippen LogP contribution in [0.25, 0.3) is 0 Å². The molecule has 128 valence electrons. The Balaban J connectivity index is 2.55. The number of rotatable bonds is 7. The number of aliphatic hydroxyl groups excluding tert-OH is 1. The molecule has 0 spiro atoms. The van der Waals surface area contributed by atoms with Gasteiger partial charge in [-0.2, -0.15) is 0 Å². The smallest absolute Gasteiger partial charge is 0.410 e. The standard InChI is InChI=1S/C15H28N2O5/c1-11(5-6-18)8-16-15(7-12(19)20)9-17(10-15)13(21)22-14(2,3)4/h11,16,18H,5-10H2,1-4H3,(H,19,20). The van der Waals surface area contributed by atoms with Crippen molar-refractivity contribution in [2.75, 3.05) is 26.2 Å². The van der Waals surface area contributed by atoms with Gasteiger partial charge in [0.25, 0.3) is 0 Å². The van der Waals surface area contributed by atoms with Crippen molar-refractivity contribution in [2.45, 2.75) is 51.7 Å². The highest BCUT2D eigenvalue weighted by Gasteiger charge is 2.47. The summed E-state index contributed by atoms with van der Waals surface area (Å²) in [5.41, 5.74) is -1.17. The highest BCUT2D eigenvalue weighted by molar-refractivity contribution is 5.73. The van der Waals surface area contributed by atoms with Crippen molar-refractivity contribution in [3.63, 3.8) is 0 Å². The molecule has 0 aliphatic carbocycles. The van der Waals surface area contributed by atoms with E-state index in [0.29, 0.717) is 26.1 Å². The maximum Gasteiger partial charge on any atom is 0.410 e. The Labute approximate surface area is 131 Å². The highest BCUT2D eigenvalue weighted by atomic mass is 16.6. The van der Waals surface area contributed by atoms with E-state index < -0.39 is 23.2 Å². The number of aliphatic hydroxyl groups is 1. The number of nitrogens with one attached hydrogen (secondary N) is 1. The zero-order chi connectivity index (χ0) is 17.0. The molecule has 0 saturated carbocycles. The first-order valence-electron chi connectivity index (χ1n) is 7.62. The molecule has 1 aliphatic heterocycles. The molecule has 1 unspecified atom stereocenters. The normalized spacial score (nSPS) is 18.5. The van der Waals surface area contributed by atoms with E-state index in [0.717, 1.165) is 0 Å². The van der Waals surface area contributed by atoms with Gasteiger partial charge >= 0.3 is 12.1 Å². The molecule has 0 bridgehead atoms. The van der Waals surface area contributed by atoms with Gasteiger partial charge in [0.2, 0.25) is 0 Å². The minimum absolute atomic E-state index is 0.0435. The second-order valence-electron chi connectivity index (χ2n) is 7.19. The fraction of sp³-hybridized carbons (Fsp3) is 0.867. The van der Waals surface area contributed by atoms with Crippen molar-refractivity contribution in [2.24, 2.45) is 5.92 Å². The summed E-state index contributed by atoms with van der Waals surface area (Å²) in [7, 11) is 0. The summed E-state index contributed by atoms with van der Waals surface area (Å²) >= 11 is 0. The number of likely N-dealkylation sites (tertiary alicyclic amines) is 1. The molecular formula is C15H28N2O5. The SMILES string of the molecule is CC(CCO)CNC1(CC(=O)O)CN(C(=O)OC(C)(C)C)C1. The van der Waals surface area contributed by atoms with Gasteiger partial charge in [-0.1, -0.05) is 6.92 Å². The molecule has 0 aromatic heterocycles. The summed E-state index contributed by atoms with van der Waals surface area (Å²) in [6.45, 7) is 8.73. The largest absolute Gasteiger partial charge is 0.481 e. The van der Waals surface area contributed by atoms with Crippen LogP contribution in [0.15, 0.2) is 0 Å². The lowest BCUT2D eigenvalue weighted by atomic mass is 9.86. The number of carbonyl (C=O) groups excluding carboxylic acids is 1. The highest BCUT2D eigenvalue weighted by Crippen LogP contribution is 2.27. The van der Waals surface area contributed by atoms with E-state index in [-0.39, 0.29) is 18.9 Å². The van der Waals surface area contributed by atoms with Crippen LogP contribution in [0.1, 0.15) is 40.5 Å². The Morgan fingerprint density at radius 1 is 1.36 bits per heavy atom. The van der Waals surface area contributed by atoms with Gasteiger partial charge in [0.15, 0.2) is 0 Å². The molecule has 1 atom stereocenters. The van der Waals surface area contributed by atoms with E-state index in [1.807, 2.05) is 6.92 Å². The summed E-state index contributed by atoms with van der Waals surface area (Å²) < 4.78 is 5.28. The maximum atomic E-state index is 12.0. The van der Waals surface area contributed by atoms with Crippen LogP contribution in [0.3, 0.4) is 0 Å². The van der Waals surface area contributed by atoms with E-state index in [2.05, 4.69) is 5.32 Å². The first kappa shape index (κ1) is 18.7. The molecule has 7 nitrogen and oxygen atoms in total. The minimum Gasteiger partial charge on any atom is -0.481 e. The average Bonchev–Trinajstić information content (AvgIpc) is 2.29. The quantitative estimate of drug-likeness (QED) is 0.649. The molecule has 3 N–H and O–H groups in total.